The SMILES string of the molecule is CCn1c2ccc(CNc3nc4ccccc4n3C)cc2c2cc(-c3ccc4c(c3)OCO4)ccc21. The third-order valence-electron chi connectivity index (χ3n) is 7.19. The summed E-state index contributed by atoms with van der Waals surface area (Å²) in [5.74, 6) is 2.48. The van der Waals surface area contributed by atoms with Crippen LogP contribution in [0.4, 0.5) is 5.95 Å². The Kier molecular flexibility index (Phi) is 4.67. The van der Waals surface area contributed by atoms with Gasteiger partial charge in [0, 0.05) is 41.9 Å². The van der Waals surface area contributed by atoms with E-state index in [0.717, 1.165) is 40.6 Å². The van der Waals surface area contributed by atoms with Crippen LogP contribution in [0.5, 0.6) is 11.5 Å². The van der Waals surface area contributed by atoms with Crippen molar-refractivity contribution >= 4 is 38.8 Å². The molecule has 7 rings (SSSR count). The van der Waals surface area contributed by atoms with Crippen LogP contribution in [0.3, 0.4) is 0 Å². The zero-order valence-corrected chi connectivity index (χ0v) is 20.3. The van der Waals surface area contributed by atoms with E-state index in [2.05, 4.69) is 76.0 Å². The number of aryl methyl sites for hydroxylation is 2. The largest absolute Gasteiger partial charge is 0.454 e. The third-order valence-corrected chi connectivity index (χ3v) is 7.19. The fourth-order valence-corrected chi connectivity index (χ4v) is 5.34. The number of hydrogen-bond acceptors (Lipinski definition) is 4. The van der Waals surface area contributed by atoms with Gasteiger partial charge in [0.05, 0.1) is 11.0 Å². The first-order valence-corrected chi connectivity index (χ1v) is 12.3. The van der Waals surface area contributed by atoms with E-state index in [9.17, 15) is 0 Å². The second-order valence-electron chi connectivity index (χ2n) is 9.23. The van der Waals surface area contributed by atoms with E-state index in [1.807, 2.05) is 31.3 Å². The Bertz CT molecular complexity index is 1780. The molecule has 6 aromatic rings. The van der Waals surface area contributed by atoms with Crippen LogP contribution in [0, 0.1) is 0 Å². The lowest BCUT2D eigenvalue weighted by Crippen LogP contribution is -2.05. The van der Waals surface area contributed by atoms with Gasteiger partial charge in [-0.1, -0.05) is 30.3 Å². The molecule has 6 nitrogen and oxygen atoms in total. The maximum Gasteiger partial charge on any atom is 0.231 e. The second-order valence-corrected chi connectivity index (χ2v) is 9.23. The quantitative estimate of drug-likeness (QED) is 0.302. The molecule has 0 bridgehead atoms. The van der Waals surface area contributed by atoms with Gasteiger partial charge >= 0.3 is 0 Å². The fraction of sp³-hybridized carbons (Fsp3) is 0.167. The lowest BCUT2D eigenvalue weighted by molar-refractivity contribution is 0.174. The summed E-state index contributed by atoms with van der Waals surface area (Å²) in [5.41, 5.74) is 8.13. The number of benzene rings is 4. The van der Waals surface area contributed by atoms with Crippen LogP contribution >= 0.6 is 0 Å². The molecule has 178 valence electrons. The standard InChI is InChI=1S/C30H26N4O2/c1-3-34-25-11-8-19(17-31-30-32-24-6-4-5-7-27(24)33(30)2)14-22(25)23-15-20(9-12-26(23)34)21-10-13-28-29(16-21)36-18-35-28/h4-16H,3,17-18H2,1-2H3,(H,31,32). The van der Waals surface area contributed by atoms with Crippen molar-refractivity contribution < 1.29 is 9.47 Å². The maximum absolute atomic E-state index is 5.61. The van der Waals surface area contributed by atoms with Gasteiger partial charge in [0.2, 0.25) is 12.7 Å². The number of nitrogens with zero attached hydrogens (tertiary/aromatic N) is 3. The molecule has 36 heavy (non-hydrogen) atoms. The van der Waals surface area contributed by atoms with Gasteiger partial charge in [0.25, 0.3) is 0 Å². The van der Waals surface area contributed by atoms with Crippen LogP contribution in [0.2, 0.25) is 0 Å². The van der Waals surface area contributed by atoms with Crippen molar-refractivity contribution in [2.24, 2.45) is 7.05 Å². The minimum atomic E-state index is 0.285. The van der Waals surface area contributed by atoms with E-state index in [1.54, 1.807) is 0 Å². The van der Waals surface area contributed by atoms with Gasteiger partial charge in [-0.05, 0) is 72.1 Å². The van der Waals surface area contributed by atoms with Crippen molar-refractivity contribution in [3.05, 3.63) is 84.4 Å². The number of hydrogen-bond donors (Lipinski definition) is 1. The van der Waals surface area contributed by atoms with E-state index in [-0.39, 0.29) is 6.79 Å². The minimum Gasteiger partial charge on any atom is -0.454 e. The molecule has 0 radical (unpaired) electrons. The zero-order valence-electron chi connectivity index (χ0n) is 20.3. The molecular weight excluding hydrogens is 448 g/mol. The van der Waals surface area contributed by atoms with Gasteiger partial charge in [-0.15, -0.1) is 0 Å². The first-order chi connectivity index (χ1) is 17.7. The lowest BCUT2D eigenvalue weighted by Gasteiger charge is -2.07. The minimum absolute atomic E-state index is 0.285. The number of aromatic nitrogens is 3. The van der Waals surface area contributed by atoms with E-state index in [1.165, 1.54) is 32.9 Å². The number of imidazole rings is 1. The smallest absolute Gasteiger partial charge is 0.231 e. The Morgan fingerprint density at radius 3 is 2.42 bits per heavy atom. The first kappa shape index (κ1) is 20.9. The van der Waals surface area contributed by atoms with Crippen LogP contribution in [0.15, 0.2) is 78.9 Å². The molecule has 1 N–H and O–H groups in total. The van der Waals surface area contributed by atoms with Crippen molar-refractivity contribution in [1.82, 2.24) is 14.1 Å². The predicted octanol–water partition coefficient (Wildman–Crippen LogP) is 6.71. The van der Waals surface area contributed by atoms with Crippen LogP contribution in [-0.2, 0) is 20.1 Å². The average molecular weight is 475 g/mol. The Hall–Kier alpha value is -4.45. The van der Waals surface area contributed by atoms with Crippen molar-refractivity contribution in [1.29, 1.82) is 0 Å². The summed E-state index contributed by atoms with van der Waals surface area (Å²) in [5, 5.41) is 6.05. The normalized spacial score (nSPS) is 12.7. The van der Waals surface area contributed by atoms with Crippen LogP contribution < -0.4 is 14.8 Å². The van der Waals surface area contributed by atoms with Gasteiger partial charge in [-0.2, -0.15) is 0 Å². The van der Waals surface area contributed by atoms with Gasteiger partial charge in [-0.25, -0.2) is 4.98 Å². The number of fused-ring (bicyclic) bond motifs is 5. The molecule has 1 aliphatic rings. The first-order valence-electron chi connectivity index (χ1n) is 12.3. The zero-order chi connectivity index (χ0) is 24.2. The van der Waals surface area contributed by atoms with E-state index in [0.29, 0.717) is 6.54 Å². The van der Waals surface area contributed by atoms with E-state index in [4.69, 9.17) is 14.5 Å². The molecule has 3 heterocycles. The average Bonchev–Trinajstić information content (AvgIpc) is 3.60. The van der Waals surface area contributed by atoms with Gasteiger partial charge in [-0.3, -0.25) is 0 Å². The third kappa shape index (κ3) is 3.22. The Labute approximate surface area is 208 Å². The summed E-state index contributed by atoms with van der Waals surface area (Å²) in [6, 6.07) is 27.8. The van der Waals surface area contributed by atoms with Crippen molar-refractivity contribution in [2.75, 3.05) is 12.1 Å². The molecule has 6 heteroatoms. The van der Waals surface area contributed by atoms with Crippen LogP contribution in [-0.4, -0.2) is 20.9 Å². The maximum atomic E-state index is 5.61. The number of rotatable bonds is 5. The molecule has 0 saturated carbocycles. The Balaban J connectivity index is 1.28. The molecule has 0 aliphatic carbocycles. The number of para-hydroxylation sites is 2. The molecule has 0 fully saturated rings. The highest BCUT2D eigenvalue weighted by atomic mass is 16.7. The highest BCUT2D eigenvalue weighted by Gasteiger charge is 2.16. The second kappa shape index (κ2) is 8.05. The highest BCUT2D eigenvalue weighted by molar-refractivity contribution is 6.09. The molecule has 0 unspecified atom stereocenters. The summed E-state index contributed by atoms with van der Waals surface area (Å²) >= 11 is 0. The van der Waals surface area contributed by atoms with Crippen LogP contribution in [0.25, 0.3) is 44.0 Å². The highest BCUT2D eigenvalue weighted by Crippen LogP contribution is 2.38. The number of anilines is 1. The summed E-state index contributed by atoms with van der Waals surface area (Å²) in [6.07, 6.45) is 0. The van der Waals surface area contributed by atoms with E-state index < -0.39 is 0 Å². The molecule has 2 aromatic heterocycles. The topological polar surface area (TPSA) is 53.2 Å². The number of nitrogens with one attached hydrogen (secondary N) is 1. The molecule has 1 aliphatic heterocycles. The Morgan fingerprint density at radius 2 is 1.56 bits per heavy atom. The molecule has 0 saturated heterocycles. The van der Waals surface area contributed by atoms with E-state index >= 15 is 0 Å². The van der Waals surface area contributed by atoms with Crippen molar-refractivity contribution in [3.8, 4) is 22.6 Å². The molecule has 4 aromatic carbocycles. The van der Waals surface area contributed by atoms with Gasteiger partial charge in [0.1, 0.15) is 0 Å². The summed E-state index contributed by atoms with van der Waals surface area (Å²) in [4.78, 5) is 4.76. The van der Waals surface area contributed by atoms with Crippen molar-refractivity contribution in [2.45, 2.75) is 20.0 Å². The summed E-state index contributed by atoms with van der Waals surface area (Å²) in [7, 11) is 2.05. The monoisotopic (exact) mass is 474 g/mol. The fourth-order valence-electron chi connectivity index (χ4n) is 5.34. The van der Waals surface area contributed by atoms with Crippen molar-refractivity contribution in [3.63, 3.8) is 0 Å². The molecule has 0 spiro atoms. The molecule has 0 amide bonds. The summed E-state index contributed by atoms with van der Waals surface area (Å²) in [6.45, 7) is 4.10. The Morgan fingerprint density at radius 1 is 0.806 bits per heavy atom. The summed E-state index contributed by atoms with van der Waals surface area (Å²) < 4.78 is 15.6. The van der Waals surface area contributed by atoms with Gasteiger partial charge < -0.3 is 23.9 Å². The lowest BCUT2D eigenvalue weighted by atomic mass is 10.0. The number of ether oxygens (including phenoxy) is 2. The molecular formula is C30H26N4O2. The molecule has 0 atom stereocenters. The van der Waals surface area contributed by atoms with Gasteiger partial charge in [0.15, 0.2) is 11.5 Å². The predicted molar refractivity (Wildman–Crippen MR) is 145 cm³/mol. The van der Waals surface area contributed by atoms with Crippen LogP contribution in [0.1, 0.15) is 12.5 Å².